The number of fused-ring (bicyclic) bond motifs is 1. The largest absolute Gasteiger partial charge is 0.497 e. The number of carbonyl (C=O) groups is 3. The maximum absolute atomic E-state index is 13.2. The lowest BCUT2D eigenvalue weighted by atomic mass is 9.96. The molecule has 27 heavy (non-hydrogen) atoms. The van der Waals surface area contributed by atoms with Gasteiger partial charge >= 0.3 is 5.97 Å². The van der Waals surface area contributed by atoms with Gasteiger partial charge in [-0.15, -0.1) is 0 Å². The van der Waals surface area contributed by atoms with Crippen LogP contribution in [0.5, 0.6) is 17.2 Å². The summed E-state index contributed by atoms with van der Waals surface area (Å²) in [5, 5.41) is 0. The minimum absolute atomic E-state index is 0.0106. The number of carbonyl (C=O) groups excluding carboxylic acids is 3. The number of methoxy groups -OCH3 is 3. The van der Waals surface area contributed by atoms with Crippen molar-refractivity contribution in [2.45, 2.75) is 19.4 Å². The van der Waals surface area contributed by atoms with Crippen molar-refractivity contribution < 1.29 is 37.7 Å². The molecule has 1 aliphatic rings. The summed E-state index contributed by atoms with van der Waals surface area (Å²) in [6.07, 6.45) is 0.910. The van der Waals surface area contributed by atoms with Crippen molar-refractivity contribution in [3.05, 3.63) is 40.8 Å². The molecule has 0 unspecified atom stereocenters. The van der Waals surface area contributed by atoms with E-state index in [1.165, 1.54) is 33.5 Å². The fourth-order valence-corrected chi connectivity index (χ4v) is 2.92. The Balaban J connectivity index is 2.18. The molecule has 142 valence electrons. The zero-order valence-corrected chi connectivity index (χ0v) is 15.3. The first-order valence-corrected chi connectivity index (χ1v) is 8.11. The molecule has 0 aliphatic carbocycles. The molecule has 0 N–H and O–H groups in total. The smallest absolute Gasteiger partial charge is 0.338 e. The molecular formula is C19H18O8. The van der Waals surface area contributed by atoms with Crippen molar-refractivity contribution in [2.24, 2.45) is 0 Å². The first-order chi connectivity index (χ1) is 12.9. The predicted octanol–water partition coefficient (Wildman–Crippen LogP) is 2.67. The summed E-state index contributed by atoms with van der Waals surface area (Å²) < 4.78 is 26.1. The van der Waals surface area contributed by atoms with E-state index in [1.807, 2.05) is 0 Å². The highest BCUT2D eigenvalue weighted by Gasteiger charge is 2.35. The summed E-state index contributed by atoms with van der Waals surface area (Å²) >= 11 is 0. The summed E-state index contributed by atoms with van der Waals surface area (Å²) in [5.74, 6) is -1.10. The maximum Gasteiger partial charge on any atom is 0.338 e. The van der Waals surface area contributed by atoms with Gasteiger partial charge in [0.15, 0.2) is 5.75 Å². The number of hydrogen-bond acceptors (Lipinski definition) is 8. The van der Waals surface area contributed by atoms with E-state index in [0.717, 1.165) is 6.26 Å². The Kier molecular flexibility index (Phi) is 4.89. The summed E-state index contributed by atoms with van der Waals surface area (Å²) in [5.41, 5.74) is -0.0506. The van der Waals surface area contributed by atoms with Crippen LogP contribution in [0.1, 0.15) is 50.2 Å². The van der Waals surface area contributed by atoms with Crippen LogP contribution >= 0.6 is 0 Å². The van der Waals surface area contributed by atoms with Gasteiger partial charge in [0.05, 0.1) is 38.9 Å². The van der Waals surface area contributed by atoms with Crippen LogP contribution in [0, 0.1) is 0 Å². The Bertz CT molecular complexity index is 924. The van der Waals surface area contributed by atoms with Crippen LogP contribution in [0.4, 0.5) is 0 Å². The highest BCUT2D eigenvalue weighted by Crippen LogP contribution is 2.38. The first-order valence-electron chi connectivity index (χ1n) is 8.11. The highest BCUT2D eigenvalue weighted by atomic mass is 16.5. The van der Waals surface area contributed by atoms with Gasteiger partial charge in [0, 0.05) is 6.07 Å². The summed E-state index contributed by atoms with van der Waals surface area (Å²) in [6, 6.07) is 2.85. The van der Waals surface area contributed by atoms with Gasteiger partial charge in [0.2, 0.25) is 17.3 Å². The van der Waals surface area contributed by atoms with E-state index < -0.39 is 17.9 Å². The minimum atomic E-state index is -0.738. The molecule has 0 spiro atoms. The number of benzene rings is 1. The second kappa shape index (κ2) is 7.14. The molecule has 1 aromatic carbocycles. The highest BCUT2D eigenvalue weighted by molar-refractivity contribution is 6.18. The lowest BCUT2D eigenvalue weighted by Gasteiger charge is -2.19. The van der Waals surface area contributed by atoms with Gasteiger partial charge in [0.1, 0.15) is 29.4 Å². The SMILES string of the molecule is COC(=O)c1cc(OC)cc(OC)c1C(=O)c1coc2c1O[C@H](C)CC2=O. The van der Waals surface area contributed by atoms with E-state index in [-0.39, 0.29) is 46.2 Å². The van der Waals surface area contributed by atoms with Crippen molar-refractivity contribution in [1.82, 2.24) is 0 Å². The molecule has 1 aliphatic heterocycles. The third kappa shape index (κ3) is 3.14. The van der Waals surface area contributed by atoms with Crippen molar-refractivity contribution in [3.63, 3.8) is 0 Å². The van der Waals surface area contributed by atoms with E-state index in [2.05, 4.69) is 0 Å². The van der Waals surface area contributed by atoms with Gasteiger partial charge in [-0.1, -0.05) is 0 Å². The molecule has 8 heteroatoms. The fraction of sp³-hybridized carbons (Fsp3) is 0.316. The van der Waals surface area contributed by atoms with E-state index in [1.54, 1.807) is 6.92 Å². The van der Waals surface area contributed by atoms with Crippen LogP contribution in [0.15, 0.2) is 22.8 Å². The monoisotopic (exact) mass is 374 g/mol. The normalized spacial score (nSPS) is 15.6. The van der Waals surface area contributed by atoms with Gasteiger partial charge in [-0.25, -0.2) is 4.79 Å². The van der Waals surface area contributed by atoms with Crippen LogP contribution in [-0.2, 0) is 4.74 Å². The maximum atomic E-state index is 13.2. The van der Waals surface area contributed by atoms with Crippen molar-refractivity contribution in [1.29, 1.82) is 0 Å². The average molecular weight is 374 g/mol. The zero-order valence-electron chi connectivity index (χ0n) is 15.3. The van der Waals surface area contributed by atoms with Gasteiger partial charge in [-0.05, 0) is 13.0 Å². The zero-order chi connectivity index (χ0) is 19.7. The fourth-order valence-electron chi connectivity index (χ4n) is 2.92. The van der Waals surface area contributed by atoms with Crippen LogP contribution < -0.4 is 14.2 Å². The lowest BCUT2D eigenvalue weighted by molar-refractivity contribution is 0.0596. The second-order valence-electron chi connectivity index (χ2n) is 5.94. The number of ketones is 2. The third-order valence-electron chi connectivity index (χ3n) is 4.20. The van der Waals surface area contributed by atoms with Crippen LogP contribution in [0.25, 0.3) is 0 Å². The quantitative estimate of drug-likeness (QED) is 0.581. The van der Waals surface area contributed by atoms with Crippen molar-refractivity contribution >= 4 is 17.5 Å². The first kappa shape index (κ1) is 18.5. The number of ether oxygens (including phenoxy) is 4. The van der Waals surface area contributed by atoms with Gasteiger partial charge < -0.3 is 23.4 Å². The van der Waals surface area contributed by atoms with E-state index in [0.29, 0.717) is 5.75 Å². The Morgan fingerprint density at radius 2 is 1.85 bits per heavy atom. The molecule has 1 atom stereocenters. The number of hydrogen-bond donors (Lipinski definition) is 0. The van der Waals surface area contributed by atoms with Gasteiger partial charge in [-0.2, -0.15) is 0 Å². The van der Waals surface area contributed by atoms with E-state index in [9.17, 15) is 14.4 Å². The molecule has 0 bridgehead atoms. The van der Waals surface area contributed by atoms with Crippen LogP contribution in [0.2, 0.25) is 0 Å². The molecule has 0 radical (unpaired) electrons. The average Bonchev–Trinajstić information content (AvgIpc) is 3.09. The second-order valence-corrected chi connectivity index (χ2v) is 5.94. The molecule has 0 saturated carbocycles. The molecule has 8 nitrogen and oxygen atoms in total. The molecule has 0 saturated heterocycles. The molecule has 1 aromatic heterocycles. The number of furan rings is 1. The lowest BCUT2D eigenvalue weighted by Crippen LogP contribution is -2.24. The number of Topliss-reactive ketones (excluding diaryl/α,β-unsaturated/α-hetero) is 1. The predicted molar refractivity (Wildman–Crippen MR) is 92.1 cm³/mol. The summed E-state index contributed by atoms with van der Waals surface area (Å²) in [7, 11) is 3.98. The molecule has 0 fully saturated rings. The van der Waals surface area contributed by atoms with Crippen molar-refractivity contribution in [2.75, 3.05) is 21.3 Å². The molecular weight excluding hydrogens is 356 g/mol. The van der Waals surface area contributed by atoms with Crippen LogP contribution in [0.3, 0.4) is 0 Å². The molecule has 0 amide bonds. The van der Waals surface area contributed by atoms with E-state index in [4.69, 9.17) is 23.4 Å². The van der Waals surface area contributed by atoms with Gasteiger partial charge in [0.25, 0.3) is 0 Å². The van der Waals surface area contributed by atoms with Crippen molar-refractivity contribution in [3.8, 4) is 17.2 Å². The van der Waals surface area contributed by atoms with E-state index >= 15 is 0 Å². The summed E-state index contributed by atoms with van der Waals surface area (Å²) in [6.45, 7) is 1.72. The van der Waals surface area contributed by atoms with Crippen LogP contribution in [-0.4, -0.2) is 45.0 Å². The molecule has 2 heterocycles. The molecule has 2 aromatic rings. The summed E-state index contributed by atoms with van der Waals surface area (Å²) in [4.78, 5) is 37.6. The Hall–Kier alpha value is -3.29. The number of esters is 1. The van der Waals surface area contributed by atoms with Gasteiger partial charge in [-0.3, -0.25) is 9.59 Å². The topological polar surface area (TPSA) is 101 Å². The Morgan fingerprint density at radius 3 is 2.48 bits per heavy atom. The molecule has 3 rings (SSSR count). The Morgan fingerprint density at radius 1 is 1.11 bits per heavy atom. The standard InChI is InChI=1S/C19H18O8/c1-9-5-13(20)18-17(27-9)12(8-26-18)16(21)15-11(19(22)25-4)6-10(23-2)7-14(15)24-3/h6-9H,5H2,1-4H3/t9-/m1/s1. The Labute approximate surface area is 155 Å². The minimum Gasteiger partial charge on any atom is -0.497 e. The third-order valence-corrected chi connectivity index (χ3v) is 4.20. The number of rotatable bonds is 5.